The van der Waals surface area contributed by atoms with Crippen molar-refractivity contribution < 1.29 is 13.2 Å². The van der Waals surface area contributed by atoms with Crippen LogP contribution in [0.2, 0.25) is 0 Å². The molecule has 0 fully saturated rings. The summed E-state index contributed by atoms with van der Waals surface area (Å²) < 4.78 is 38.4. The molecule has 0 bridgehead atoms. The Morgan fingerprint density at radius 3 is 2.88 bits per heavy atom. The largest absolute Gasteiger partial charge is 0.345 e. The molecule has 2 aromatic rings. The van der Waals surface area contributed by atoms with E-state index in [2.05, 4.69) is 9.97 Å². The predicted molar refractivity (Wildman–Crippen MR) is 57.6 cm³/mol. The van der Waals surface area contributed by atoms with Gasteiger partial charge in [-0.25, -0.2) is 9.37 Å². The zero-order valence-corrected chi connectivity index (χ0v) is 9.33. The molecule has 1 N–H and O–H groups in total. The van der Waals surface area contributed by atoms with Crippen LogP contribution in [0.4, 0.5) is 13.2 Å². The number of aromatic nitrogens is 2. The quantitative estimate of drug-likeness (QED) is 0.676. The van der Waals surface area contributed by atoms with Gasteiger partial charge in [-0.1, -0.05) is 11.6 Å². The number of imidazole rings is 1. The number of aromatic amines is 1. The monoisotopic (exact) mass is 266 g/mol. The number of alkyl halides is 4. The Morgan fingerprint density at radius 1 is 1.44 bits per heavy atom. The fraction of sp³-hybridized carbons (Fsp3) is 0.222. The van der Waals surface area contributed by atoms with Gasteiger partial charge in [-0.3, -0.25) is 0 Å². The molecule has 1 heterocycles. The summed E-state index contributed by atoms with van der Waals surface area (Å²) >= 11 is 4.84. The van der Waals surface area contributed by atoms with Crippen LogP contribution in [-0.2, 0) is 0 Å². The van der Waals surface area contributed by atoms with Crippen LogP contribution in [0.5, 0.6) is 0 Å². The van der Waals surface area contributed by atoms with E-state index in [1.165, 1.54) is 18.5 Å². The first-order chi connectivity index (χ1) is 7.49. The Hall–Kier alpha value is -0.880. The van der Waals surface area contributed by atoms with E-state index in [4.69, 9.17) is 11.6 Å². The molecule has 0 radical (unpaired) electrons. The highest BCUT2D eigenvalue weighted by atomic mass is 35.5. The van der Waals surface area contributed by atoms with E-state index in [-0.39, 0.29) is 16.7 Å². The first kappa shape index (κ1) is 11.6. The summed E-state index contributed by atoms with van der Waals surface area (Å²) in [6.07, 6.45) is 1.46. The molecule has 86 valence electrons. The van der Waals surface area contributed by atoms with Gasteiger partial charge < -0.3 is 4.98 Å². The maximum absolute atomic E-state index is 13.0. The van der Waals surface area contributed by atoms with E-state index in [9.17, 15) is 13.2 Å². The average molecular weight is 267 g/mol. The third-order valence-electron chi connectivity index (χ3n) is 1.90. The first-order valence-corrected chi connectivity index (χ1v) is 5.52. The minimum absolute atomic E-state index is 0.0781. The molecule has 7 heteroatoms. The third-order valence-corrected chi connectivity index (χ3v) is 3.27. The summed E-state index contributed by atoms with van der Waals surface area (Å²) in [5.74, 6) is 0. The lowest BCUT2D eigenvalue weighted by molar-refractivity contribution is 0.0537. The van der Waals surface area contributed by atoms with Crippen molar-refractivity contribution in [1.29, 1.82) is 0 Å². The molecule has 0 aliphatic rings. The Morgan fingerprint density at radius 2 is 2.19 bits per heavy atom. The minimum atomic E-state index is -3.65. The van der Waals surface area contributed by atoms with Crippen molar-refractivity contribution in [3.05, 3.63) is 24.5 Å². The molecule has 2 rings (SSSR count). The second kappa shape index (κ2) is 4.18. The number of rotatable bonds is 3. The van der Waals surface area contributed by atoms with Crippen LogP contribution in [0.25, 0.3) is 11.0 Å². The van der Waals surface area contributed by atoms with E-state index in [0.717, 1.165) is 5.52 Å². The predicted octanol–water partition coefficient (Wildman–Crippen LogP) is 3.78. The van der Waals surface area contributed by atoms with Gasteiger partial charge in [0.25, 0.3) is 0 Å². The number of nitrogens with zero attached hydrogens (tertiary/aromatic N) is 1. The average Bonchev–Trinajstić information content (AvgIpc) is 2.63. The SMILES string of the molecule is FC(Cl)C(F)(F)Sc1ccc2[nH]cnc2c1. The van der Waals surface area contributed by atoms with Crippen LogP contribution in [0.15, 0.2) is 29.4 Å². The minimum Gasteiger partial charge on any atom is -0.345 e. The van der Waals surface area contributed by atoms with Crippen molar-refractivity contribution in [1.82, 2.24) is 9.97 Å². The van der Waals surface area contributed by atoms with Crippen molar-refractivity contribution >= 4 is 34.4 Å². The standard InChI is InChI=1S/C9H6ClF3N2S/c10-8(11)9(12,13)16-5-1-2-6-7(3-5)15-4-14-6/h1-4,8H,(H,14,15). The Balaban J connectivity index is 2.27. The first-order valence-electron chi connectivity index (χ1n) is 4.27. The zero-order chi connectivity index (χ0) is 11.8. The van der Waals surface area contributed by atoms with Crippen molar-refractivity contribution in [3.8, 4) is 0 Å². The van der Waals surface area contributed by atoms with Gasteiger partial charge in [0, 0.05) is 4.90 Å². The number of nitrogens with one attached hydrogen (secondary N) is 1. The third kappa shape index (κ3) is 2.27. The van der Waals surface area contributed by atoms with E-state index < -0.39 is 10.9 Å². The molecule has 0 spiro atoms. The van der Waals surface area contributed by atoms with Crippen LogP contribution >= 0.6 is 23.4 Å². The number of thioether (sulfide) groups is 1. The number of fused-ring (bicyclic) bond motifs is 1. The molecule has 0 amide bonds. The molecule has 1 atom stereocenters. The van der Waals surface area contributed by atoms with Gasteiger partial charge in [-0.15, -0.1) is 0 Å². The molecule has 1 aromatic heterocycles. The van der Waals surface area contributed by atoms with E-state index in [1.807, 2.05) is 0 Å². The number of benzene rings is 1. The van der Waals surface area contributed by atoms with Crippen molar-refractivity contribution in [2.75, 3.05) is 0 Å². The molecule has 0 aliphatic carbocycles. The smallest absolute Gasteiger partial charge is 0.342 e. The maximum Gasteiger partial charge on any atom is 0.342 e. The van der Waals surface area contributed by atoms with Crippen LogP contribution in [-0.4, -0.2) is 20.9 Å². The highest BCUT2D eigenvalue weighted by Gasteiger charge is 2.40. The maximum atomic E-state index is 13.0. The fourth-order valence-electron chi connectivity index (χ4n) is 1.18. The number of halogens is 4. The molecular weight excluding hydrogens is 261 g/mol. The zero-order valence-electron chi connectivity index (χ0n) is 7.75. The summed E-state index contributed by atoms with van der Waals surface area (Å²) in [6.45, 7) is 0. The number of H-pyrrole nitrogens is 1. The van der Waals surface area contributed by atoms with Crippen LogP contribution in [0.1, 0.15) is 0 Å². The summed E-state index contributed by atoms with van der Waals surface area (Å²) in [5, 5.41) is -3.65. The summed E-state index contributed by atoms with van der Waals surface area (Å²) in [7, 11) is 0. The summed E-state index contributed by atoms with van der Waals surface area (Å²) in [6, 6.07) is 4.50. The van der Waals surface area contributed by atoms with Gasteiger partial charge in [0.1, 0.15) is 0 Å². The Bertz CT molecular complexity index is 500. The molecule has 16 heavy (non-hydrogen) atoms. The van der Waals surface area contributed by atoms with Crippen molar-refractivity contribution in [2.24, 2.45) is 0 Å². The Kier molecular flexibility index (Phi) is 3.03. The molecule has 0 saturated heterocycles. The molecule has 1 unspecified atom stereocenters. The van der Waals surface area contributed by atoms with Crippen LogP contribution in [0.3, 0.4) is 0 Å². The number of hydrogen-bond donors (Lipinski definition) is 1. The van der Waals surface area contributed by atoms with Gasteiger partial charge in [-0.05, 0) is 30.0 Å². The second-order valence-corrected chi connectivity index (χ2v) is 4.65. The lowest BCUT2D eigenvalue weighted by Gasteiger charge is -2.14. The molecule has 0 saturated carbocycles. The second-order valence-electron chi connectivity index (χ2n) is 3.05. The lowest BCUT2D eigenvalue weighted by Crippen LogP contribution is -2.20. The van der Waals surface area contributed by atoms with Gasteiger partial charge in [0.2, 0.25) is 5.63 Å². The fourth-order valence-corrected chi connectivity index (χ4v) is 2.02. The van der Waals surface area contributed by atoms with Gasteiger partial charge in [-0.2, -0.15) is 8.78 Å². The molecular formula is C9H6ClF3N2S. The summed E-state index contributed by atoms with van der Waals surface area (Å²) in [5.41, 5.74) is -1.44. The van der Waals surface area contributed by atoms with Crippen LogP contribution < -0.4 is 0 Å². The molecule has 0 aliphatic heterocycles. The highest BCUT2D eigenvalue weighted by Crippen LogP contribution is 2.41. The van der Waals surface area contributed by atoms with Crippen molar-refractivity contribution in [2.45, 2.75) is 15.8 Å². The lowest BCUT2D eigenvalue weighted by atomic mass is 10.3. The van der Waals surface area contributed by atoms with Crippen LogP contribution in [0, 0.1) is 0 Å². The van der Waals surface area contributed by atoms with Gasteiger partial charge in [0.05, 0.1) is 17.4 Å². The normalized spacial score (nSPS) is 14.2. The topological polar surface area (TPSA) is 28.7 Å². The summed E-state index contributed by atoms with van der Waals surface area (Å²) in [4.78, 5) is 6.95. The highest BCUT2D eigenvalue weighted by molar-refractivity contribution is 8.00. The molecule has 1 aromatic carbocycles. The Labute approximate surface area is 98.2 Å². The number of hydrogen-bond acceptors (Lipinski definition) is 2. The van der Waals surface area contributed by atoms with Gasteiger partial charge >= 0.3 is 5.25 Å². The van der Waals surface area contributed by atoms with E-state index >= 15 is 0 Å². The molecule has 2 nitrogen and oxygen atoms in total. The van der Waals surface area contributed by atoms with Gasteiger partial charge in [0.15, 0.2) is 0 Å². The van der Waals surface area contributed by atoms with E-state index in [0.29, 0.717) is 5.52 Å². The van der Waals surface area contributed by atoms with E-state index in [1.54, 1.807) is 6.07 Å². The van der Waals surface area contributed by atoms with Crippen molar-refractivity contribution in [3.63, 3.8) is 0 Å².